The van der Waals surface area contributed by atoms with Crippen LogP contribution in [0, 0.1) is 6.92 Å². The number of nitrogens with zero attached hydrogens (tertiary/aromatic N) is 4. The predicted octanol–water partition coefficient (Wildman–Crippen LogP) is 3.57. The molecule has 8 heteroatoms. The Labute approximate surface area is 176 Å². The van der Waals surface area contributed by atoms with Crippen LogP contribution < -0.4 is 10.9 Å². The van der Waals surface area contributed by atoms with Gasteiger partial charge in [-0.3, -0.25) is 14.2 Å². The van der Waals surface area contributed by atoms with Crippen LogP contribution in [0.15, 0.2) is 70.7 Å². The van der Waals surface area contributed by atoms with E-state index in [1.165, 1.54) is 11.8 Å². The van der Waals surface area contributed by atoms with Crippen molar-refractivity contribution in [2.45, 2.75) is 24.5 Å². The fraction of sp³-hybridized carbons (Fsp3) is 0.182. The number of hydrogen-bond acceptors (Lipinski definition) is 5. The van der Waals surface area contributed by atoms with Crippen LogP contribution in [-0.4, -0.2) is 31.0 Å². The monoisotopic (exact) mass is 417 g/mol. The largest absolute Gasteiger partial charge is 0.326 e. The molecule has 0 spiro atoms. The number of thioether (sulfide) groups is 1. The third kappa shape index (κ3) is 3.29. The minimum atomic E-state index is -0.235. The van der Waals surface area contributed by atoms with Gasteiger partial charge in [-0.25, -0.2) is 9.67 Å². The molecule has 0 radical (unpaired) electrons. The molecule has 2 aromatic carbocycles. The summed E-state index contributed by atoms with van der Waals surface area (Å²) in [6, 6.07) is 17.0. The molecule has 0 fully saturated rings. The molecule has 2 aromatic heterocycles. The number of anilines is 1. The zero-order chi connectivity index (χ0) is 20.7. The summed E-state index contributed by atoms with van der Waals surface area (Å²) in [4.78, 5) is 30.4. The van der Waals surface area contributed by atoms with Crippen molar-refractivity contribution >= 4 is 34.4 Å². The van der Waals surface area contributed by atoms with Crippen molar-refractivity contribution in [1.82, 2.24) is 19.3 Å². The van der Waals surface area contributed by atoms with Gasteiger partial charge in [0, 0.05) is 17.9 Å². The maximum absolute atomic E-state index is 13.2. The predicted molar refractivity (Wildman–Crippen MR) is 117 cm³/mol. The van der Waals surface area contributed by atoms with Gasteiger partial charge in [-0.1, -0.05) is 47.7 Å². The Kier molecular flexibility index (Phi) is 4.63. The number of hydrogen-bond donors (Lipinski definition) is 1. The highest BCUT2D eigenvalue weighted by atomic mass is 32.2. The van der Waals surface area contributed by atoms with E-state index in [-0.39, 0.29) is 23.9 Å². The summed E-state index contributed by atoms with van der Waals surface area (Å²) in [7, 11) is 0. The number of carbonyl (C=O) groups is 1. The lowest BCUT2D eigenvalue weighted by Gasteiger charge is -2.13. The molecule has 30 heavy (non-hydrogen) atoms. The van der Waals surface area contributed by atoms with E-state index in [2.05, 4.69) is 10.4 Å². The molecule has 0 saturated heterocycles. The van der Waals surface area contributed by atoms with Crippen LogP contribution in [0.4, 0.5) is 5.69 Å². The fourth-order valence-electron chi connectivity index (χ4n) is 3.60. The summed E-state index contributed by atoms with van der Waals surface area (Å²) in [6.07, 6.45) is 1.77. The van der Waals surface area contributed by atoms with Gasteiger partial charge >= 0.3 is 0 Å². The summed E-state index contributed by atoms with van der Waals surface area (Å²) in [6.45, 7) is 2.02. The average molecular weight is 417 g/mol. The number of rotatable bonds is 4. The van der Waals surface area contributed by atoms with Crippen LogP contribution in [0.5, 0.6) is 0 Å². The first-order valence-corrected chi connectivity index (χ1v) is 10.6. The Morgan fingerprint density at radius 1 is 1.17 bits per heavy atom. The van der Waals surface area contributed by atoms with E-state index in [9.17, 15) is 9.59 Å². The first-order valence-electron chi connectivity index (χ1n) is 9.65. The molecule has 3 heterocycles. The molecular weight excluding hydrogens is 398 g/mol. The van der Waals surface area contributed by atoms with Crippen molar-refractivity contribution in [3.05, 3.63) is 76.7 Å². The Hall–Kier alpha value is -3.39. The third-order valence-corrected chi connectivity index (χ3v) is 6.23. The highest BCUT2D eigenvalue weighted by Gasteiger charge is 2.29. The number of carbonyl (C=O) groups excluding carboxylic acids is 1. The number of fused-ring (bicyclic) bond motifs is 2. The van der Waals surface area contributed by atoms with E-state index >= 15 is 0 Å². The molecule has 4 aromatic rings. The van der Waals surface area contributed by atoms with Crippen molar-refractivity contribution in [3.63, 3.8) is 0 Å². The Morgan fingerprint density at radius 2 is 1.93 bits per heavy atom. The maximum Gasteiger partial charge on any atom is 0.265 e. The molecule has 1 N–H and O–H groups in total. The maximum atomic E-state index is 13.2. The van der Waals surface area contributed by atoms with Crippen LogP contribution in [-0.2, 0) is 4.79 Å². The van der Waals surface area contributed by atoms with E-state index < -0.39 is 0 Å². The number of amides is 1. The normalized spacial score (nSPS) is 15.3. The minimum absolute atomic E-state index is 0.123. The van der Waals surface area contributed by atoms with Crippen molar-refractivity contribution in [3.8, 4) is 5.69 Å². The molecule has 7 nitrogen and oxygen atoms in total. The highest BCUT2D eigenvalue weighted by Crippen LogP contribution is 2.33. The second-order valence-electron chi connectivity index (χ2n) is 7.28. The van der Waals surface area contributed by atoms with E-state index in [0.717, 1.165) is 16.9 Å². The summed E-state index contributed by atoms with van der Waals surface area (Å²) in [5.74, 6) is 0.511. The van der Waals surface area contributed by atoms with Crippen LogP contribution in [0.25, 0.3) is 16.7 Å². The minimum Gasteiger partial charge on any atom is -0.326 e. The molecule has 150 valence electrons. The Balaban J connectivity index is 1.46. The zero-order valence-electron chi connectivity index (χ0n) is 16.3. The van der Waals surface area contributed by atoms with Gasteiger partial charge in [0.1, 0.15) is 5.39 Å². The van der Waals surface area contributed by atoms with Gasteiger partial charge in [0.05, 0.1) is 17.9 Å². The lowest BCUT2D eigenvalue weighted by atomic mass is 10.2. The van der Waals surface area contributed by atoms with Crippen molar-refractivity contribution in [1.29, 1.82) is 0 Å². The fourth-order valence-corrected chi connectivity index (χ4v) is 4.73. The van der Waals surface area contributed by atoms with Crippen LogP contribution in [0.3, 0.4) is 0 Å². The molecular formula is C22H19N5O2S. The second-order valence-corrected chi connectivity index (χ2v) is 8.27. The number of aromatic nitrogens is 4. The molecule has 1 unspecified atom stereocenters. The van der Waals surface area contributed by atoms with Gasteiger partial charge < -0.3 is 5.32 Å². The molecule has 1 amide bonds. The Bertz CT molecular complexity index is 1300. The van der Waals surface area contributed by atoms with Gasteiger partial charge in [-0.15, -0.1) is 0 Å². The lowest BCUT2D eigenvalue weighted by molar-refractivity contribution is -0.116. The Morgan fingerprint density at radius 3 is 2.70 bits per heavy atom. The van der Waals surface area contributed by atoms with Gasteiger partial charge in [0.2, 0.25) is 5.91 Å². The number of aryl methyl sites for hydroxylation is 1. The van der Waals surface area contributed by atoms with Gasteiger partial charge in [0.15, 0.2) is 10.8 Å². The molecule has 1 aliphatic heterocycles. The summed E-state index contributed by atoms with van der Waals surface area (Å²) in [5, 5.41) is 8.35. The smallest absolute Gasteiger partial charge is 0.265 e. The van der Waals surface area contributed by atoms with Crippen LogP contribution in [0.2, 0.25) is 0 Å². The van der Waals surface area contributed by atoms with E-state index in [1.54, 1.807) is 15.4 Å². The molecule has 0 bridgehead atoms. The number of nitrogens with one attached hydrogen (secondary N) is 1. The molecule has 0 saturated carbocycles. The van der Waals surface area contributed by atoms with Crippen LogP contribution in [0.1, 0.15) is 18.0 Å². The lowest BCUT2D eigenvalue weighted by Crippen LogP contribution is -2.27. The summed E-state index contributed by atoms with van der Waals surface area (Å²) in [5.41, 5.74) is 3.13. The molecule has 0 aliphatic carbocycles. The van der Waals surface area contributed by atoms with E-state index in [0.29, 0.717) is 21.9 Å². The average Bonchev–Trinajstić information content (AvgIpc) is 3.34. The standard InChI is InChI=1S/C22H19N5O2S/c1-14-7-9-16(10-8-14)27-20-18(12-23-27)21(29)26-17(13-30-22(26)25-20)11-19(28)24-15-5-3-2-4-6-15/h2-10,12,17H,11,13H2,1H3,(H,24,28). The quantitative estimate of drug-likeness (QED) is 0.514. The topological polar surface area (TPSA) is 81.8 Å². The van der Waals surface area contributed by atoms with Crippen LogP contribution >= 0.6 is 11.8 Å². The number of benzene rings is 2. The molecule has 1 atom stereocenters. The second kappa shape index (κ2) is 7.46. The summed E-state index contributed by atoms with van der Waals surface area (Å²) < 4.78 is 3.33. The van der Waals surface area contributed by atoms with Gasteiger partial charge in [0.25, 0.3) is 5.56 Å². The number of para-hydroxylation sites is 1. The molecule has 1 aliphatic rings. The van der Waals surface area contributed by atoms with Gasteiger partial charge in [-0.05, 0) is 31.2 Å². The van der Waals surface area contributed by atoms with E-state index in [4.69, 9.17) is 4.98 Å². The van der Waals surface area contributed by atoms with E-state index in [1.807, 2.05) is 61.5 Å². The van der Waals surface area contributed by atoms with Gasteiger partial charge in [-0.2, -0.15) is 5.10 Å². The van der Waals surface area contributed by atoms with Crippen molar-refractivity contribution in [2.75, 3.05) is 11.1 Å². The SMILES string of the molecule is Cc1ccc(-n2ncc3c(=O)n4c(nc32)SCC4CC(=O)Nc2ccccc2)cc1. The molecule has 5 rings (SSSR count). The zero-order valence-corrected chi connectivity index (χ0v) is 17.1. The highest BCUT2D eigenvalue weighted by molar-refractivity contribution is 7.99. The first kappa shape index (κ1) is 18.6. The third-order valence-electron chi connectivity index (χ3n) is 5.13. The summed E-state index contributed by atoms with van der Waals surface area (Å²) >= 11 is 1.49. The first-order chi connectivity index (χ1) is 14.6. The van der Waals surface area contributed by atoms with Crippen molar-refractivity contribution in [2.24, 2.45) is 0 Å². The van der Waals surface area contributed by atoms with Crippen molar-refractivity contribution < 1.29 is 4.79 Å².